The molecule has 0 spiro atoms. The van der Waals surface area contributed by atoms with Gasteiger partial charge in [-0.1, -0.05) is 6.42 Å². The molecule has 0 bridgehead atoms. The van der Waals surface area contributed by atoms with E-state index < -0.39 is 0 Å². The molecule has 0 saturated heterocycles. The lowest BCUT2D eigenvalue weighted by Gasteiger charge is -2.16. The van der Waals surface area contributed by atoms with Crippen LogP contribution in [0.15, 0.2) is 18.2 Å². The first-order valence-corrected chi connectivity index (χ1v) is 5.90. The Labute approximate surface area is 115 Å². The molecule has 0 unspecified atom stereocenters. The molecular weight excluding hydrogens is 252 g/mol. The first-order chi connectivity index (χ1) is 8.22. The highest BCUT2D eigenvalue weighted by Gasteiger charge is 2.12. The summed E-state index contributed by atoms with van der Waals surface area (Å²) in [5.74, 6) is 1.61. The number of methoxy groups -OCH3 is 2. The van der Waals surface area contributed by atoms with E-state index in [0.717, 1.165) is 36.3 Å². The van der Waals surface area contributed by atoms with E-state index in [1.807, 2.05) is 18.2 Å². The van der Waals surface area contributed by atoms with E-state index in [2.05, 4.69) is 0 Å². The second-order valence-corrected chi connectivity index (χ2v) is 4.00. The predicted octanol–water partition coefficient (Wildman–Crippen LogP) is 2.25. The fraction of sp³-hybridized carbons (Fsp3) is 0.538. The average molecular weight is 275 g/mol. The SMILES string of the molecule is COc1ccc(OC)c([C@H](N)CCCCN)c1.Cl. The summed E-state index contributed by atoms with van der Waals surface area (Å²) in [6.07, 6.45) is 2.93. The number of nitrogens with two attached hydrogens (primary N) is 2. The molecule has 0 radical (unpaired) electrons. The molecule has 0 aliphatic carbocycles. The Morgan fingerprint density at radius 3 is 2.44 bits per heavy atom. The fourth-order valence-electron chi connectivity index (χ4n) is 1.79. The summed E-state index contributed by atoms with van der Waals surface area (Å²) in [6, 6.07) is 5.66. The molecule has 18 heavy (non-hydrogen) atoms. The summed E-state index contributed by atoms with van der Waals surface area (Å²) in [5, 5.41) is 0. The zero-order valence-corrected chi connectivity index (χ0v) is 11.8. The normalized spacial score (nSPS) is 11.6. The molecule has 0 aromatic heterocycles. The number of ether oxygens (including phenoxy) is 2. The lowest BCUT2D eigenvalue weighted by molar-refractivity contribution is 0.393. The smallest absolute Gasteiger partial charge is 0.123 e. The van der Waals surface area contributed by atoms with Crippen molar-refractivity contribution < 1.29 is 9.47 Å². The first-order valence-electron chi connectivity index (χ1n) is 5.90. The molecule has 4 N–H and O–H groups in total. The predicted molar refractivity (Wildman–Crippen MR) is 76.6 cm³/mol. The lowest BCUT2D eigenvalue weighted by Crippen LogP contribution is -2.12. The number of hydrogen-bond donors (Lipinski definition) is 2. The van der Waals surface area contributed by atoms with Gasteiger partial charge in [0.1, 0.15) is 11.5 Å². The number of halogens is 1. The molecule has 1 rings (SSSR count). The van der Waals surface area contributed by atoms with Crippen molar-refractivity contribution in [2.45, 2.75) is 25.3 Å². The first kappa shape index (κ1) is 17.0. The summed E-state index contributed by atoms with van der Waals surface area (Å²) in [6.45, 7) is 0.710. The minimum Gasteiger partial charge on any atom is -0.497 e. The number of unbranched alkanes of at least 4 members (excludes halogenated alkanes) is 1. The third-order valence-corrected chi connectivity index (χ3v) is 2.81. The van der Waals surface area contributed by atoms with E-state index in [0.29, 0.717) is 6.54 Å². The average Bonchev–Trinajstić information content (AvgIpc) is 2.38. The highest BCUT2D eigenvalue weighted by molar-refractivity contribution is 5.85. The van der Waals surface area contributed by atoms with Crippen LogP contribution in [0.4, 0.5) is 0 Å². The van der Waals surface area contributed by atoms with Crippen molar-refractivity contribution in [2.24, 2.45) is 11.5 Å². The zero-order chi connectivity index (χ0) is 12.7. The van der Waals surface area contributed by atoms with Gasteiger partial charge in [-0.25, -0.2) is 0 Å². The van der Waals surface area contributed by atoms with Crippen LogP contribution < -0.4 is 20.9 Å². The van der Waals surface area contributed by atoms with Crippen LogP contribution >= 0.6 is 12.4 Å². The summed E-state index contributed by atoms with van der Waals surface area (Å²) >= 11 is 0. The summed E-state index contributed by atoms with van der Waals surface area (Å²) in [5.41, 5.74) is 12.6. The minimum absolute atomic E-state index is 0. The van der Waals surface area contributed by atoms with Gasteiger partial charge in [-0.3, -0.25) is 0 Å². The van der Waals surface area contributed by atoms with Crippen molar-refractivity contribution in [3.05, 3.63) is 23.8 Å². The molecule has 0 saturated carbocycles. The van der Waals surface area contributed by atoms with Crippen LogP contribution in [0.1, 0.15) is 30.9 Å². The second kappa shape index (κ2) is 9.03. The molecule has 0 amide bonds. The maximum Gasteiger partial charge on any atom is 0.123 e. The molecule has 1 aromatic carbocycles. The lowest BCUT2D eigenvalue weighted by atomic mass is 10.0. The summed E-state index contributed by atoms with van der Waals surface area (Å²) < 4.78 is 10.5. The maximum atomic E-state index is 6.16. The Morgan fingerprint density at radius 2 is 1.89 bits per heavy atom. The Hall–Kier alpha value is -0.970. The molecular formula is C13H23ClN2O2. The summed E-state index contributed by atoms with van der Waals surface area (Å²) in [4.78, 5) is 0. The monoisotopic (exact) mass is 274 g/mol. The highest BCUT2D eigenvalue weighted by Crippen LogP contribution is 2.30. The number of benzene rings is 1. The van der Waals surface area contributed by atoms with E-state index >= 15 is 0 Å². The van der Waals surface area contributed by atoms with Gasteiger partial charge in [0.25, 0.3) is 0 Å². The van der Waals surface area contributed by atoms with Gasteiger partial charge in [0.15, 0.2) is 0 Å². The van der Waals surface area contributed by atoms with Crippen molar-refractivity contribution in [2.75, 3.05) is 20.8 Å². The van der Waals surface area contributed by atoms with E-state index in [-0.39, 0.29) is 18.4 Å². The Bertz CT molecular complexity index is 348. The van der Waals surface area contributed by atoms with Crippen LogP contribution in [0.25, 0.3) is 0 Å². The van der Waals surface area contributed by atoms with Crippen LogP contribution in [-0.2, 0) is 0 Å². The largest absolute Gasteiger partial charge is 0.497 e. The van der Waals surface area contributed by atoms with E-state index in [1.165, 1.54) is 0 Å². The van der Waals surface area contributed by atoms with Crippen molar-refractivity contribution >= 4 is 12.4 Å². The third-order valence-electron chi connectivity index (χ3n) is 2.81. The third kappa shape index (κ3) is 4.72. The van der Waals surface area contributed by atoms with Crippen LogP contribution in [-0.4, -0.2) is 20.8 Å². The van der Waals surface area contributed by atoms with Gasteiger partial charge in [-0.05, 0) is 37.6 Å². The van der Waals surface area contributed by atoms with Gasteiger partial charge < -0.3 is 20.9 Å². The van der Waals surface area contributed by atoms with E-state index in [9.17, 15) is 0 Å². The molecule has 1 atom stereocenters. The maximum absolute atomic E-state index is 6.16. The van der Waals surface area contributed by atoms with Gasteiger partial charge in [-0.2, -0.15) is 0 Å². The van der Waals surface area contributed by atoms with Crippen molar-refractivity contribution in [3.63, 3.8) is 0 Å². The molecule has 104 valence electrons. The van der Waals surface area contributed by atoms with Crippen LogP contribution in [0.5, 0.6) is 11.5 Å². The van der Waals surface area contributed by atoms with Gasteiger partial charge >= 0.3 is 0 Å². The van der Waals surface area contributed by atoms with Crippen molar-refractivity contribution in [1.82, 2.24) is 0 Å². The van der Waals surface area contributed by atoms with E-state index in [4.69, 9.17) is 20.9 Å². The fourth-order valence-corrected chi connectivity index (χ4v) is 1.79. The molecule has 0 aliphatic heterocycles. The quantitative estimate of drug-likeness (QED) is 0.748. The molecule has 5 heteroatoms. The molecule has 0 fully saturated rings. The topological polar surface area (TPSA) is 70.5 Å². The van der Waals surface area contributed by atoms with Crippen LogP contribution in [0.3, 0.4) is 0 Å². The number of hydrogen-bond acceptors (Lipinski definition) is 4. The van der Waals surface area contributed by atoms with E-state index in [1.54, 1.807) is 14.2 Å². The Balaban J connectivity index is 0.00000289. The van der Waals surface area contributed by atoms with Gasteiger partial charge in [0.2, 0.25) is 0 Å². The van der Waals surface area contributed by atoms with Crippen LogP contribution in [0, 0.1) is 0 Å². The van der Waals surface area contributed by atoms with Crippen molar-refractivity contribution in [1.29, 1.82) is 0 Å². The van der Waals surface area contributed by atoms with Gasteiger partial charge in [0, 0.05) is 11.6 Å². The molecule has 0 heterocycles. The van der Waals surface area contributed by atoms with Crippen molar-refractivity contribution in [3.8, 4) is 11.5 Å². The Kier molecular flexibility index (Phi) is 8.54. The Morgan fingerprint density at radius 1 is 1.17 bits per heavy atom. The molecule has 1 aromatic rings. The molecule has 4 nitrogen and oxygen atoms in total. The summed E-state index contributed by atoms with van der Waals surface area (Å²) in [7, 11) is 3.30. The second-order valence-electron chi connectivity index (χ2n) is 4.00. The minimum atomic E-state index is -0.0356. The number of rotatable bonds is 7. The zero-order valence-electron chi connectivity index (χ0n) is 11.0. The standard InChI is InChI=1S/C13H22N2O2.ClH/c1-16-10-6-7-13(17-2)11(9-10)12(15)5-3-4-8-14;/h6-7,9,12H,3-5,8,14-15H2,1-2H3;1H/t12-;/m1./s1. The molecule has 0 aliphatic rings. The van der Waals surface area contributed by atoms with Gasteiger partial charge in [0.05, 0.1) is 14.2 Å². The highest BCUT2D eigenvalue weighted by atomic mass is 35.5. The van der Waals surface area contributed by atoms with Crippen LogP contribution in [0.2, 0.25) is 0 Å². The van der Waals surface area contributed by atoms with Gasteiger partial charge in [-0.15, -0.1) is 12.4 Å².